The minimum atomic E-state index is -0.381. The molecule has 0 radical (unpaired) electrons. The second kappa shape index (κ2) is 6.68. The number of nitrogens with one attached hydrogen (secondary N) is 2. The molecule has 0 fully saturated rings. The van der Waals surface area contributed by atoms with Crippen LogP contribution in [0, 0.1) is 0 Å². The van der Waals surface area contributed by atoms with E-state index in [1.165, 1.54) is 0 Å². The van der Waals surface area contributed by atoms with E-state index in [1.807, 2.05) is 42.5 Å². The molecule has 0 unspecified atom stereocenters. The van der Waals surface area contributed by atoms with E-state index in [0.717, 1.165) is 5.69 Å². The van der Waals surface area contributed by atoms with Gasteiger partial charge in [0.15, 0.2) is 4.99 Å². The van der Waals surface area contributed by atoms with E-state index in [4.69, 9.17) is 17.0 Å². The lowest BCUT2D eigenvalue weighted by molar-refractivity contribution is -0.110. The van der Waals surface area contributed by atoms with E-state index in [0.29, 0.717) is 11.4 Å². The molecule has 2 aromatic carbocycles. The number of ether oxygens (including phenoxy) is 1. The summed E-state index contributed by atoms with van der Waals surface area (Å²) in [6, 6.07) is 16.5. The highest BCUT2D eigenvalue weighted by Gasteiger charge is 2.11. The molecule has 5 heteroatoms. The second-order valence-electron chi connectivity index (χ2n) is 3.97. The first-order valence-electron chi connectivity index (χ1n) is 6.01. The molecule has 0 spiro atoms. The SMILES string of the molecule is COc1ccccc1NC(=O)C(=S)Nc1ccccc1. The number of anilines is 2. The summed E-state index contributed by atoms with van der Waals surface area (Å²) in [5.74, 6) is 0.205. The Hall–Kier alpha value is -2.40. The number of carbonyl (C=O) groups excluding carboxylic acids is 1. The number of methoxy groups -OCH3 is 1. The van der Waals surface area contributed by atoms with Gasteiger partial charge < -0.3 is 15.4 Å². The van der Waals surface area contributed by atoms with Crippen LogP contribution in [0.1, 0.15) is 0 Å². The number of thiocarbonyl (C=S) groups is 1. The quantitative estimate of drug-likeness (QED) is 0.851. The zero-order valence-corrected chi connectivity index (χ0v) is 11.7. The van der Waals surface area contributed by atoms with Gasteiger partial charge >= 0.3 is 0 Å². The molecular formula is C15H14N2O2S. The molecule has 0 aliphatic rings. The number of rotatable bonds is 3. The van der Waals surface area contributed by atoms with Gasteiger partial charge in [-0.05, 0) is 24.3 Å². The van der Waals surface area contributed by atoms with Crippen LogP contribution in [0.5, 0.6) is 5.75 Å². The Kier molecular flexibility index (Phi) is 4.68. The molecule has 2 aromatic rings. The predicted octanol–water partition coefficient (Wildman–Crippen LogP) is 3.07. The van der Waals surface area contributed by atoms with Crippen LogP contribution < -0.4 is 15.4 Å². The van der Waals surface area contributed by atoms with E-state index < -0.39 is 0 Å². The average Bonchev–Trinajstić information content (AvgIpc) is 2.48. The standard InChI is InChI=1S/C15H14N2O2S/c1-19-13-10-6-5-9-12(13)17-14(18)15(20)16-11-7-3-2-4-8-11/h2-10H,1H3,(H,16,20)(H,17,18). The molecule has 1 amide bonds. The van der Waals surface area contributed by atoms with Crippen LogP contribution in [0.15, 0.2) is 54.6 Å². The molecule has 0 aliphatic carbocycles. The van der Waals surface area contributed by atoms with Crippen LogP contribution in [-0.2, 0) is 4.79 Å². The van der Waals surface area contributed by atoms with Crippen LogP contribution in [0.2, 0.25) is 0 Å². The molecule has 0 saturated heterocycles. The summed E-state index contributed by atoms with van der Waals surface area (Å²) in [7, 11) is 1.55. The van der Waals surface area contributed by atoms with Gasteiger partial charge in [-0.25, -0.2) is 0 Å². The highest BCUT2D eigenvalue weighted by Crippen LogP contribution is 2.22. The van der Waals surface area contributed by atoms with Crippen molar-refractivity contribution in [3.63, 3.8) is 0 Å². The maximum atomic E-state index is 12.0. The van der Waals surface area contributed by atoms with E-state index in [-0.39, 0.29) is 10.9 Å². The monoisotopic (exact) mass is 286 g/mol. The molecule has 2 rings (SSSR count). The average molecular weight is 286 g/mol. The summed E-state index contributed by atoms with van der Waals surface area (Å²) in [6.45, 7) is 0. The van der Waals surface area contributed by atoms with Gasteiger partial charge in [-0.1, -0.05) is 42.5 Å². The fourth-order valence-corrected chi connectivity index (χ4v) is 1.81. The van der Waals surface area contributed by atoms with Gasteiger partial charge in [-0.2, -0.15) is 0 Å². The van der Waals surface area contributed by atoms with Crippen molar-refractivity contribution in [1.29, 1.82) is 0 Å². The molecular weight excluding hydrogens is 272 g/mol. The Bertz CT molecular complexity index is 614. The van der Waals surface area contributed by atoms with Crippen LogP contribution in [0.25, 0.3) is 0 Å². The third-order valence-corrected chi connectivity index (χ3v) is 2.88. The summed E-state index contributed by atoms with van der Waals surface area (Å²) in [6.07, 6.45) is 0. The topological polar surface area (TPSA) is 50.4 Å². The normalized spacial score (nSPS) is 9.65. The first kappa shape index (κ1) is 14.0. The second-order valence-corrected chi connectivity index (χ2v) is 4.38. The minimum Gasteiger partial charge on any atom is -0.495 e. The van der Waals surface area contributed by atoms with E-state index in [2.05, 4.69) is 10.6 Å². The van der Waals surface area contributed by atoms with Crippen LogP contribution in [0.4, 0.5) is 11.4 Å². The van der Waals surface area contributed by atoms with Crippen molar-refractivity contribution in [1.82, 2.24) is 0 Å². The summed E-state index contributed by atoms with van der Waals surface area (Å²) in [5.41, 5.74) is 1.35. The van der Waals surface area contributed by atoms with Crippen molar-refractivity contribution in [2.75, 3.05) is 17.7 Å². The molecule has 0 atom stereocenters. The number of para-hydroxylation sites is 3. The van der Waals surface area contributed by atoms with Gasteiger partial charge in [0, 0.05) is 5.69 Å². The van der Waals surface area contributed by atoms with Crippen molar-refractivity contribution in [2.24, 2.45) is 0 Å². The lowest BCUT2D eigenvalue weighted by Crippen LogP contribution is -2.27. The lowest BCUT2D eigenvalue weighted by Gasteiger charge is -2.11. The van der Waals surface area contributed by atoms with Gasteiger partial charge in [0.1, 0.15) is 5.75 Å². The van der Waals surface area contributed by atoms with Gasteiger partial charge in [-0.3, -0.25) is 4.79 Å². The third kappa shape index (κ3) is 3.55. The smallest absolute Gasteiger partial charge is 0.283 e. The first-order valence-corrected chi connectivity index (χ1v) is 6.42. The zero-order chi connectivity index (χ0) is 14.4. The predicted molar refractivity (Wildman–Crippen MR) is 84.3 cm³/mol. The Balaban J connectivity index is 2.03. The molecule has 20 heavy (non-hydrogen) atoms. The molecule has 0 heterocycles. The van der Waals surface area contributed by atoms with E-state index in [1.54, 1.807) is 19.2 Å². The minimum absolute atomic E-state index is 0.0992. The maximum absolute atomic E-state index is 12.0. The fourth-order valence-electron chi connectivity index (χ4n) is 1.64. The molecule has 0 saturated carbocycles. The molecule has 0 aliphatic heterocycles. The lowest BCUT2D eigenvalue weighted by atomic mass is 10.3. The number of carbonyl (C=O) groups is 1. The number of benzene rings is 2. The largest absolute Gasteiger partial charge is 0.495 e. The summed E-state index contributed by atoms with van der Waals surface area (Å²) in [5, 5.41) is 5.59. The number of amides is 1. The van der Waals surface area contributed by atoms with Crippen LogP contribution in [0.3, 0.4) is 0 Å². The van der Waals surface area contributed by atoms with E-state index >= 15 is 0 Å². The molecule has 102 valence electrons. The van der Waals surface area contributed by atoms with Gasteiger partial charge in [0.05, 0.1) is 12.8 Å². The number of hydrogen-bond donors (Lipinski definition) is 2. The Morgan fingerprint density at radius 3 is 2.35 bits per heavy atom. The fraction of sp³-hybridized carbons (Fsp3) is 0.0667. The summed E-state index contributed by atoms with van der Waals surface area (Å²) in [4.78, 5) is 12.1. The summed E-state index contributed by atoms with van der Waals surface area (Å²) >= 11 is 5.07. The first-order chi connectivity index (χ1) is 9.70. The van der Waals surface area contributed by atoms with Gasteiger partial charge in [-0.15, -0.1) is 0 Å². The molecule has 0 aromatic heterocycles. The van der Waals surface area contributed by atoms with Crippen LogP contribution in [-0.4, -0.2) is 18.0 Å². The van der Waals surface area contributed by atoms with E-state index in [9.17, 15) is 4.79 Å². The van der Waals surface area contributed by atoms with Crippen LogP contribution >= 0.6 is 12.2 Å². The Morgan fingerprint density at radius 2 is 1.65 bits per heavy atom. The Morgan fingerprint density at radius 1 is 1.00 bits per heavy atom. The number of hydrogen-bond acceptors (Lipinski definition) is 3. The van der Waals surface area contributed by atoms with Crippen molar-refractivity contribution in [2.45, 2.75) is 0 Å². The zero-order valence-electron chi connectivity index (χ0n) is 10.9. The molecule has 2 N–H and O–H groups in total. The highest BCUT2D eigenvalue weighted by atomic mass is 32.1. The molecule has 0 bridgehead atoms. The highest BCUT2D eigenvalue weighted by molar-refractivity contribution is 7.82. The summed E-state index contributed by atoms with van der Waals surface area (Å²) < 4.78 is 5.17. The van der Waals surface area contributed by atoms with Crippen molar-refractivity contribution in [3.8, 4) is 5.75 Å². The van der Waals surface area contributed by atoms with Crippen molar-refractivity contribution < 1.29 is 9.53 Å². The van der Waals surface area contributed by atoms with Crippen molar-refractivity contribution >= 4 is 34.5 Å². The Labute approximate surface area is 122 Å². The van der Waals surface area contributed by atoms with Crippen molar-refractivity contribution in [3.05, 3.63) is 54.6 Å². The van der Waals surface area contributed by atoms with Gasteiger partial charge in [0.25, 0.3) is 5.91 Å². The third-order valence-electron chi connectivity index (χ3n) is 2.59. The maximum Gasteiger partial charge on any atom is 0.283 e. The van der Waals surface area contributed by atoms with Gasteiger partial charge in [0.2, 0.25) is 0 Å². The molecule has 4 nitrogen and oxygen atoms in total.